The Hall–Kier alpha value is -2.99. The van der Waals surface area contributed by atoms with Gasteiger partial charge in [0.2, 0.25) is 5.75 Å². The van der Waals surface area contributed by atoms with Crippen LogP contribution in [0.2, 0.25) is 0 Å². The quantitative estimate of drug-likeness (QED) is 0.578. The SMILES string of the molecule is COc1cc(C(C)NC(=O)c2sccc2-c2ccc(C)cc2)cc(OC)c1OC. The molecular weight excluding hydrogens is 386 g/mol. The van der Waals surface area contributed by atoms with E-state index >= 15 is 0 Å². The number of ether oxygens (including phenoxy) is 3. The molecule has 0 aliphatic heterocycles. The third kappa shape index (κ3) is 4.38. The van der Waals surface area contributed by atoms with Gasteiger partial charge in [-0.05, 0) is 48.6 Å². The average Bonchev–Trinajstić information content (AvgIpc) is 3.23. The molecule has 0 saturated carbocycles. The zero-order valence-corrected chi connectivity index (χ0v) is 18.1. The Balaban J connectivity index is 1.85. The van der Waals surface area contributed by atoms with Crippen LogP contribution in [0.3, 0.4) is 0 Å². The molecule has 1 amide bonds. The van der Waals surface area contributed by atoms with E-state index in [0.717, 1.165) is 16.7 Å². The van der Waals surface area contributed by atoms with Crippen LogP contribution < -0.4 is 19.5 Å². The summed E-state index contributed by atoms with van der Waals surface area (Å²) in [5, 5.41) is 5.02. The zero-order valence-electron chi connectivity index (χ0n) is 17.2. The summed E-state index contributed by atoms with van der Waals surface area (Å²) in [7, 11) is 4.71. The Labute approximate surface area is 175 Å². The molecule has 0 bridgehead atoms. The molecule has 1 heterocycles. The highest BCUT2D eigenvalue weighted by atomic mass is 32.1. The summed E-state index contributed by atoms with van der Waals surface area (Å²) in [6.07, 6.45) is 0. The molecule has 0 saturated heterocycles. The topological polar surface area (TPSA) is 56.8 Å². The highest BCUT2D eigenvalue weighted by Crippen LogP contribution is 2.39. The lowest BCUT2D eigenvalue weighted by Crippen LogP contribution is -2.26. The molecule has 1 unspecified atom stereocenters. The molecule has 29 heavy (non-hydrogen) atoms. The Morgan fingerprint density at radius 1 is 0.966 bits per heavy atom. The summed E-state index contributed by atoms with van der Waals surface area (Å²) >= 11 is 1.43. The van der Waals surface area contributed by atoms with Crippen molar-refractivity contribution >= 4 is 17.2 Å². The molecule has 1 N–H and O–H groups in total. The molecule has 5 nitrogen and oxygen atoms in total. The van der Waals surface area contributed by atoms with Crippen molar-refractivity contribution in [3.63, 3.8) is 0 Å². The first-order chi connectivity index (χ1) is 14.0. The van der Waals surface area contributed by atoms with Gasteiger partial charge in [0.25, 0.3) is 5.91 Å². The standard InChI is InChI=1S/C23H25NO4S/c1-14-6-8-16(9-7-14)18-10-11-29-22(18)23(25)24-15(2)17-12-19(26-3)21(28-5)20(13-17)27-4/h6-13,15H,1-5H3,(H,24,25). The molecule has 0 aliphatic carbocycles. The van der Waals surface area contributed by atoms with E-state index in [-0.39, 0.29) is 11.9 Å². The second kappa shape index (κ2) is 9.01. The van der Waals surface area contributed by atoms with Crippen LogP contribution in [-0.4, -0.2) is 27.2 Å². The maximum atomic E-state index is 13.0. The van der Waals surface area contributed by atoms with E-state index in [2.05, 4.69) is 5.32 Å². The summed E-state index contributed by atoms with van der Waals surface area (Å²) in [4.78, 5) is 13.7. The summed E-state index contributed by atoms with van der Waals surface area (Å²) < 4.78 is 16.2. The number of carbonyl (C=O) groups is 1. The second-order valence-electron chi connectivity index (χ2n) is 6.68. The number of hydrogen-bond donors (Lipinski definition) is 1. The Morgan fingerprint density at radius 3 is 2.14 bits per heavy atom. The van der Waals surface area contributed by atoms with Gasteiger partial charge in [-0.3, -0.25) is 4.79 Å². The number of methoxy groups -OCH3 is 3. The Morgan fingerprint density at radius 2 is 1.59 bits per heavy atom. The molecule has 3 aromatic rings. The number of amides is 1. The largest absolute Gasteiger partial charge is 0.493 e. The maximum absolute atomic E-state index is 13.0. The fourth-order valence-corrected chi connectivity index (χ4v) is 3.96. The minimum absolute atomic E-state index is 0.114. The first-order valence-corrected chi connectivity index (χ1v) is 10.1. The third-order valence-corrected chi connectivity index (χ3v) is 5.68. The van der Waals surface area contributed by atoms with Crippen molar-refractivity contribution in [2.45, 2.75) is 19.9 Å². The fourth-order valence-electron chi connectivity index (χ4n) is 3.14. The minimum Gasteiger partial charge on any atom is -0.493 e. The molecule has 152 valence electrons. The van der Waals surface area contributed by atoms with Gasteiger partial charge in [0.05, 0.1) is 32.2 Å². The van der Waals surface area contributed by atoms with Gasteiger partial charge in [-0.15, -0.1) is 11.3 Å². The van der Waals surface area contributed by atoms with Crippen molar-refractivity contribution in [3.05, 3.63) is 63.8 Å². The molecule has 0 fully saturated rings. The summed E-state index contributed by atoms with van der Waals surface area (Å²) in [5.41, 5.74) is 4.01. The second-order valence-corrected chi connectivity index (χ2v) is 7.60. The van der Waals surface area contributed by atoms with Gasteiger partial charge in [-0.2, -0.15) is 0 Å². The number of aryl methyl sites for hydroxylation is 1. The zero-order chi connectivity index (χ0) is 21.0. The molecule has 0 spiro atoms. The number of thiophene rings is 1. The van der Waals surface area contributed by atoms with Gasteiger partial charge in [-0.1, -0.05) is 29.8 Å². The molecule has 1 aromatic heterocycles. The van der Waals surface area contributed by atoms with E-state index in [4.69, 9.17) is 14.2 Å². The molecule has 2 aromatic carbocycles. The normalized spacial score (nSPS) is 11.6. The Bertz CT molecular complexity index is 969. The smallest absolute Gasteiger partial charge is 0.262 e. The predicted octanol–water partition coefficient (Wildman–Crippen LogP) is 5.24. The molecule has 3 rings (SSSR count). The highest BCUT2D eigenvalue weighted by Gasteiger charge is 2.20. The lowest BCUT2D eigenvalue weighted by atomic mass is 10.0. The van der Waals surface area contributed by atoms with Crippen molar-refractivity contribution in [2.24, 2.45) is 0 Å². The first-order valence-electron chi connectivity index (χ1n) is 9.23. The third-order valence-electron chi connectivity index (χ3n) is 4.77. The number of rotatable bonds is 7. The van der Waals surface area contributed by atoms with Crippen LogP contribution in [-0.2, 0) is 0 Å². The molecule has 0 aliphatic rings. The number of carbonyl (C=O) groups excluding carboxylic acids is 1. The van der Waals surface area contributed by atoms with Gasteiger partial charge >= 0.3 is 0 Å². The summed E-state index contributed by atoms with van der Waals surface area (Å²) in [6.45, 7) is 3.97. The predicted molar refractivity (Wildman–Crippen MR) is 116 cm³/mol. The van der Waals surface area contributed by atoms with Gasteiger partial charge in [-0.25, -0.2) is 0 Å². The minimum atomic E-state index is -0.246. The number of benzene rings is 2. The van der Waals surface area contributed by atoms with Crippen LogP contribution in [0.1, 0.15) is 33.8 Å². The van der Waals surface area contributed by atoms with Crippen molar-refractivity contribution in [1.29, 1.82) is 0 Å². The number of hydrogen-bond acceptors (Lipinski definition) is 5. The average molecular weight is 412 g/mol. The van der Waals surface area contributed by atoms with E-state index in [9.17, 15) is 4.79 Å². The van der Waals surface area contributed by atoms with Crippen LogP contribution in [0.15, 0.2) is 47.8 Å². The highest BCUT2D eigenvalue weighted by molar-refractivity contribution is 7.12. The fraction of sp³-hybridized carbons (Fsp3) is 0.261. The van der Waals surface area contributed by atoms with E-state index in [1.165, 1.54) is 16.9 Å². The van der Waals surface area contributed by atoms with Crippen molar-refractivity contribution in [1.82, 2.24) is 5.32 Å². The van der Waals surface area contributed by atoms with Crippen LogP contribution >= 0.6 is 11.3 Å². The number of nitrogens with one attached hydrogen (secondary N) is 1. The first kappa shape index (κ1) is 20.7. The maximum Gasteiger partial charge on any atom is 0.262 e. The van der Waals surface area contributed by atoms with Crippen molar-refractivity contribution in [2.75, 3.05) is 21.3 Å². The van der Waals surface area contributed by atoms with Gasteiger partial charge < -0.3 is 19.5 Å². The van der Waals surface area contributed by atoms with Gasteiger partial charge in [0.1, 0.15) is 0 Å². The molecular formula is C23H25NO4S. The summed E-state index contributed by atoms with van der Waals surface area (Å²) in [6, 6.07) is 13.6. The van der Waals surface area contributed by atoms with Crippen molar-refractivity contribution in [3.8, 4) is 28.4 Å². The van der Waals surface area contributed by atoms with Crippen LogP contribution in [0.4, 0.5) is 0 Å². The van der Waals surface area contributed by atoms with Gasteiger partial charge in [0.15, 0.2) is 11.5 Å². The molecule has 6 heteroatoms. The van der Waals surface area contributed by atoms with E-state index in [0.29, 0.717) is 22.1 Å². The lowest BCUT2D eigenvalue weighted by Gasteiger charge is -2.19. The van der Waals surface area contributed by atoms with E-state index in [1.54, 1.807) is 21.3 Å². The van der Waals surface area contributed by atoms with Gasteiger partial charge in [0, 0.05) is 5.56 Å². The Kier molecular flexibility index (Phi) is 6.44. The van der Waals surface area contributed by atoms with Crippen LogP contribution in [0.5, 0.6) is 17.2 Å². The lowest BCUT2D eigenvalue weighted by molar-refractivity contribution is 0.0944. The molecule has 1 atom stereocenters. The monoisotopic (exact) mass is 411 g/mol. The van der Waals surface area contributed by atoms with E-state index < -0.39 is 0 Å². The van der Waals surface area contributed by atoms with E-state index in [1.807, 2.05) is 61.7 Å². The van der Waals surface area contributed by atoms with Crippen molar-refractivity contribution < 1.29 is 19.0 Å². The summed E-state index contributed by atoms with van der Waals surface area (Å²) in [5.74, 6) is 1.52. The molecule has 0 radical (unpaired) electrons. The van der Waals surface area contributed by atoms with Crippen LogP contribution in [0, 0.1) is 6.92 Å². The van der Waals surface area contributed by atoms with Crippen LogP contribution in [0.25, 0.3) is 11.1 Å².